The van der Waals surface area contributed by atoms with Gasteiger partial charge in [-0.3, -0.25) is 0 Å². The van der Waals surface area contributed by atoms with Gasteiger partial charge in [0.05, 0.1) is 45.0 Å². The highest BCUT2D eigenvalue weighted by Crippen LogP contribution is 2.47. The maximum atomic E-state index is 10.1. The summed E-state index contributed by atoms with van der Waals surface area (Å²) in [6.45, 7) is 0. The molecule has 2 aliphatic carbocycles. The van der Waals surface area contributed by atoms with Crippen molar-refractivity contribution in [3.63, 3.8) is 0 Å². The van der Waals surface area contributed by atoms with Gasteiger partial charge >= 0.3 is 0 Å². The van der Waals surface area contributed by atoms with Gasteiger partial charge < -0.3 is 9.13 Å². The minimum atomic E-state index is 0.0343. The molecule has 2 unspecified atom stereocenters. The number of nitriles is 2. The highest BCUT2D eigenvalue weighted by molar-refractivity contribution is 6.13. The molecule has 226 valence electrons. The molecule has 0 spiro atoms. The average Bonchev–Trinajstić information content (AvgIpc) is 3.68. The largest absolute Gasteiger partial charge is 0.313 e. The molecule has 0 aliphatic heterocycles. The molecular formula is C44H30N4. The molecule has 7 aromatic rings. The lowest BCUT2D eigenvalue weighted by molar-refractivity contribution is 0.738. The van der Waals surface area contributed by atoms with Crippen LogP contribution in [-0.4, -0.2) is 9.13 Å². The van der Waals surface area contributed by atoms with Crippen molar-refractivity contribution < 1.29 is 0 Å². The summed E-state index contributed by atoms with van der Waals surface area (Å²) in [7, 11) is 0. The Labute approximate surface area is 278 Å². The third kappa shape index (κ3) is 4.13. The van der Waals surface area contributed by atoms with Gasteiger partial charge in [0, 0.05) is 39.1 Å². The van der Waals surface area contributed by atoms with E-state index in [1.54, 1.807) is 0 Å². The minimum Gasteiger partial charge on any atom is -0.313 e. The summed E-state index contributed by atoms with van der Waals surface area (Å²) in [6.07, 6.45) is 17.7. The third-order valence-electron chi connectivity index (χ3n) is 10.1. The summed E-state index contributed by atoms with van der Waals surface area (Å²) >= 11 is 0. The van der Waals surface area contributed by atoms with Gasteiger partial charge in [0.2, 0.25) is 0 Å². The molecule has 4 nitrogen and oxygen atoms in total. The van der Waals surface area contributed by atoms with Crippen molar-refractivity contribution in [3.8, 4) is 17.8 Å². The van der Waals surface area contributed by atoms with Crippen molar-refractivity contribution in [3.05, 3.63) is 168 Å². The molecule has 0 saturated carbocycles. The Bertz CT molecular complexity index is 2660. The van der Waals surface area contributed by atoms with Crippen LogP contribution in [0.2, 0.25) is 0 Å². The average molecular weight is 615 g/mol. The van der Waals surface area contributed by atoms with E-state index in [2.05, 4.69) is 124 Å². The van der Waals surface area contributed by atoms with E-state index in [1.165, 1.54) is 38.6 Å². The SMILES string of the molecule is N#Cc1ccc2c(c1)c1c(C3C=CC=CC3c3cccc4c5ccccc5n(C5=CC=CCC5)c34)cccc1n2-c1ccccc1C#N. The fraction of sp³-hybridized carbons (Fsp3) is 0.0909. The van der Waals surface area contributed by atoms with Crippen LogP contribution >= 0.6 is 0 Å². The third-order valence-corrected chi connectivity index (χ3v) is 10.1. The van der Waals surface area contributed by atoms with Crippen LogP contribution < -0.4 is 0 Å². The summed E-state index contributed by atoms with van der Waals surface area (Å²) in [5.74, 6) is 0.100. The zero-order valence-corrected chi connectivity index (χ0v) is 26.2. The van der Waals surface area contributed by atoms with Crippen LogP contribution in [0.5, 0.6) is 0 Å². The van der Waals surface area contributed by atoms with Gasteiger partial charge in [0.15, 0.2) is 0 Å². The molecule has 2 aliphatic rings. The highest BCUT2D eigenvalue weighted by atomic mass is 15.0. The maximum Gasteiger partial charge on any atom is 0.101 e. The van der Waals surface area contributed by atoms with E-state index in [1.807, 2.05) is 42.5 Å². The van der Waals surface area contributed by atoms with E-state index in [9.17, 15) is 10.5 Å². The molecule has 0 bridgehead atoms. The number of aromatic nitrogens is 2. The van der Waals surface area contributed by atoms with Crippen LogP contribution in [0, 0.1) is 22.7 Å². The first-order valence-corrected chi connectivity index (χ1v) is 16.5. The number of nitrogens with zero attached hydrogens (tertiary/aromatic N) is 4. The molecule has 0 saturated heterocycles. The maximum absolute atomic E-state index is 10.1. The Morgan fingerprint density at radius 2 is 1.33 bits per heavy atom. The molecule has 48 heavy (non-hydrogen) atoms. The number of fused-ring (bicyclic) bond motifs is 6. The summed E-state index contributed by atoms with van der Waals surface area (Å²) in [5.41, 5.74) is 10.4. The lowest BCUT2D eigenvalue weighted by atomic mass is 9.77. The highest BCUT2D eigenvalue weighted by Gasteiger charge is 2.29. The Hall–Kier alpha value is -6.36. The normalized spacial score (nSPS) is 17.2. The van der Waals surface area contributed by atoms with Crippen molar-refractivity contribution in [1.82, 2.24) is 9.13 Å². The Balaban J connectivity index is 1.33. The number of rotatable bonds is 4. The molecule has 2 heterocycles. The van der Waals surface area contributed by atoms with E-state index in [-0.39, 0.29) is 11.8 Å². The van der Waals surface area contributed by atoms with Gasteiger partial charge in [-0.25, -0.2) is 0 Å². The van der Waals surface area contributed by atoms with Gasteiger partial charge in [-0.15, -0.1) is 0 Å². The summed E-state index contributed by atoms with van der Waals surface area (Å²) < 4.78 is 4.68. The number of hydrogen-bond acceptors (Lipinski definition) is 2. The lowest BCUT2D eigenvalue weighted by Crippen LogP contribution is -2.12. The molecule has 0 amide bonds. The van der Waals surface area contributed by atoms with E-state index in [0.29, 0.717) is 11.1 Å². The number of allylic oxidation sites excluding steroid dienone is 8. The van der Waals surface area contributed by atoms with E-state index in [0.717, 1.165) is 40.3 Å². The quantitative estimate of drug-likeness (QED) is 0.198. The number of para-hydroxylation sites is 3. The second-order valence-corrected chi connectivity index (χ2v) is 12.6. The molecule has 0 radical (unpaired) electrons. The van der Waals surface area contributed by atoms with Crippen LogP contribution in [0.3, 0.4) is 0 Å². The van der Waals surface area contributed by atoms with Gasteiger partial charge in [-0.2, -0.15) is 10.5 Å². The summed E-state index contributed by atoms with van der Waals surface area (Å²) in [6, 6.07) is 40.4. The predicted molar refractivity (Wildman–Crippen MR) is 196 cm³/mol. The molecule has 0 fully saturated rings. The van der Waals surface area contributed by atoms with Crippen molar-refractivity contribution in [2.75, 3.05) is 0 Å². The summed E-state index contributed by atoms with van der Waals surface area (Å²) in [4.78, 5) is 0. The van der Waals surface area contributed by atoms with Gasteiger partial charge in [0.1, 0.15) is 6.07 Å². The zero-order chi connectivity index (χ0) is 32.2. The molecule has 4 heteroatoms. The fourth-order valence-corrected chi connectivity index (χ4v) is 8.06. The summed E-state index contributed by atoms with van der Waals surface area (Å²) in [5, 5.41) is 24.7. The van der Waals surface area contributed by atoms with E-state index >= 15 is 0 Å². The van der Waals surface area contributed by atoms with Crippen molar-refractivity contribution in [2.24, 2.45) is 0 Å². The van der Waals surface area contributed by atoms with Crippen LogP contribution in [0.4, 0.5) is 0 Å². The Morgan fingerprint density at radius 3 is 2.17 bits per heavy atom. The lowest BCUT2D eigenvalue weighted by Gasteiger charge is -2.27. The second-order valence-electron chi connectivity index (χ2n) is 12.6. The van der Waals surface area contributed by atoms with E-state index in [4.69, 9.17) is 0 Å². The second kappa shape index (κ2) is 11.2. The van der Waals surface area contributed by atoms with Crippen molar-refractivity contribution in [1.29, 1.82) is 10.5 Å². The van der Waals surface area contributed by atoms with Crippen LogP contribution in [-0.2, 0) is 0 Å². The molecule has 5 aromatic carbocycles. The molecule has 2 atom stereocenters. The first kappa shape index (κ1) is 27.9. The minimum absolute atomic E-state index is 0.0343. The molecule has 0 N–H and O–H groups in total. The Morgan fingerprint density at radius 1 is 0.604 bits per heavy atom. The van der Waals surface area contributed by atoms with Gasteiger partial charge in [0.25, 0.3) is 0 Å². The molecular weight excluding hydrogens is 585 g/mol. The number of hydrogen-bond donors (Lipinski definition) is 0. The number of benzene rings is 5. The van der Waals surface area contributed by atoms with Crippen molar-refractivity contribution in [2.45, 2.75) is 24.7 Å². The fourth-order valence-electron chi connectivity index (χ4n) is 8.06. The first-order chi connectivity index (χ1) is 23.8. The molecule has 9 rings (SSSR count). The van der Waals surface area contributed by atoms with Crippen molar-refractivity contribution >= 4 is 49.3 Å². The smallest absolute Gasteiger partial charge is 0.101 e. The van der Waals surface area contributed by atoms with Crippen LogP contribution in [0.25, 0.3) is 55.0 Å². The predicted octanol–water partition coefficient (Wildman–Crippen LogP) is 10.8. The van der Waals surface area contributed by atoms with Crippen LogP contribution in [0.15, 0.2) is 146 Å². The first-order valence-electron chi connectivity index (χ1n) is 16.5. The van der Waals surface area contributed by atoms with Gasteiger partial charge in [-0.1, -0.05) is 97.1 Å². The topological polar surface area (TPSA) is 57.4 Å². The van der Waals surface area contributed by atoms with E-state index < -0.39 is 0 Å². The Kier molecular flexibility index (Phi) is 6.49. The zero-order valence-electron chi connectivity index (χ0n) is 26.2. The van der Waals surface area contributed by atoms with Crippen LogP contribution in [0.1, 0.15) is 46.9 Å². The monoisotopic (exact) mass is 614 g/mol. The van der Waals surface area contributed by atoms with Gasteiger partial charge in [-0.05, 0) is 72.5 Å². The standard InChI is InChI=1S/C44H30N4/c45-27-29-24-25-41-38(26-29)43-35(18-11-23-42(43)48(41)39-21-8-4-12-30(39)28-46)32-15-5-6-16-33(32)36-19-10-20-37-34-17-7-9-22-40(34)47(44(36)37)31-13-2-1-3-14-31/h1-2,4-13,15-26,32-33H,3,14H2. The molecule has 2 aromatic heterocycles.